The normalized spacial score (nSPS) is 21.4. The molecular formula is C14H16N2O4. The predicted octanol–water partition coefficient (Wildman–Crippen LogP) is 1.09. The first-order chi connectivity index (χ1) is 9.58. The Labute approximate surface area is 116 Å². The van der Waals surface area contributed by atoms with Gasteiger partial charge >= 0.3 is 5.97 Å². The molecule has 0 bridgehead atoms. The fraction of sp³-hybridized carbons (Fsp3) is 0.357. The van der Waals surface area contributed by atoms with Gasteiger partial charge in [0, 0.05) is 25.4 Å². The number of carboxylic acids is 1. The number of nitrogens with one attached hydrogen (secondary N) is 1. The van der Waals surface area contributed by atoms with Gasteiger partial charge in [0.25, 0.3) is 5.91 Å². The van der Waals surface area contributed by atoms with Crippen LogP contribution in [0.15, 0.2) is 24.4 Å². The largest absolute Gasteiger partial charge is 0.478 e. The zero-order chi connectivity index (χ0) is 14.5. The van der Waals surface area contributed by atoms with E-state index in [1.54, 1.807) is 19.2 Å². The molecule has 0 atom stereocenters. The van der Waals surface area contributed by atoms with Crippen molar-refractivity contribution in [3.05, 3.63) is 35.7 Å². The van der Waals surface area contributed by atoms with Gasteiger partial charge in [-0.2, -0.15) is 0 Å². The van der Waals surface area contributed by atoms with Crippen LogP contribution >= 0.6 is 0 Å². The maximum Gasteiger partial charge on any atom is 0.328 e. The van der Waals surface area contributed by atoms with Gasteiger partial charge in [-0.15, -0.1) is 0 Å². The van der Waals surface area contributed by atoms with E-state index in [9.17, 15) is 9.59 Å². The molecule has 0 radical (unpaired) electrons. The molecule has 1 aliphatic rings. The standard InChI is InChI=1S/C14H16N2O4/c1-20-11-6-10(7-11)16-14(19)12-4-2-9(8-15-12)3-5-13(17)18/h2-5,8,10-11H,6-7H2,1H3,(H,16,19)(H,17,18)/b5-3+. The summed E-state index contributed by atoms with van der Waals surface area (Å²) < 4.78 is 5.14. The quantitative estimate of drug-likeness (QED) is 0.786. The second-order valence-electron chi connectivity index (χ2n) is 4.65. The number of aromatic nitrogens is 1. The van der Waals surface area contributed by atoms with Crippen molar-refractivity contribution < 1.29 is 19.4 Å². The number of carboxylic acid groups (broad SMARTS) is 1. The molecule has 0 aliphatic heterocycles. The molecular weight excluding hydrogens is 260 g/mol. The second-order valence-corrected chi connectivity index (χ2v) is 4.65. The van der Waals surface area contributed by atoms with E-state index in [-0.39, 0.29) is 18.1 Å². The third-order valence-electron chi connectivity index (χ3n) is 3.20. The lowest BCUT2D eigenvalue weighted by atomic mass is 9.89. The summed E-state index contributed by atoms with van der Waals surface area (Å²) in [6.07, 6.45) is 5.79. The van der Waals surface area contributed by atoms with Crippen molar-refractivity contribution in [2.75, 3.05) is 7.11 Å². The number of amides is 1. The van der Waals surface area contributed by atoms with Crippen molar-refractivity contribution >= 4 is 18.0 Å². The minimum atomic E-state index is -1.02. The lowest BCUT2D eigenvalue weighted by Gasteiger charge is -2.34. The molecule has 0 saturated heterocycles. The van der Waals surface area contributed by atoms with E-state index in [1.165, 1.54) is 12.3 Å². The number of pyridine rings is 1. The van der Waals surface area contributed by atoms with Crippen LogP contribution in [-0.2, 0) is 9.53 Å². The van der Waals surface area contributed by atoms with E-state index in [4.69, 9.17) is 9.84 Å². The van der Waals surface area contributed by atoms with Crippen molar-refractivity contribution in [2.45, 2.75) is 25.0 Å². The van der Waals surface area contributed by atoms with Crippen LogP contribution < -0.4 is 5.32 Å². The Morgan fingerprint density at radius 2 is 2.20 bits per heavy atom. The summed E-state index contributed by atoms with van der Waals surface area (Å²) in [6, 6.07) is 3.37. The van der Waals surface area contributed by atoms with Gasteiger partial charge in [0.15, 0.2) is 0 Å². The molecule has 0 unspecified atom stereocenters. The van der Waals surface area contributed by atoms with Gasteiger partial charge in [-0.1, -0.05) is 6.07 Å². The number of rotatable bonds is 5. The Hall–Kier alpha value is -2.21. The fourth-order valence-corrected chi connectivity index (χ4v) is 1.94. The van der Waals surface area contributed by atoms with Crippen LogP contribution in [0.25, 0.3) is 6.08 Å². The van der Waals surface area contributed by atoms with Gasteiger partial charge in [0.1, 0.15) is 5.69 Å². The number of ether oxygens (including phenoxy) is 1. The first-order valence-electron chi connectivity index (χ1n) is 6.29. The van der Waals surface area contributed by atoms with E-state index in [0.717, 1.165) is 18.9 Å². The second kappa shape index (κ2) is 6.29. The van der Waals surface area contributed by atoms with Gasteiger partial charge in [-0.25, -0.2) is 4.79 Å². The van der Waals surface area contributed by atoms with Crippen molar-refractivity contribution in [3.8, 4) is 0 Å². The minimum Gasteiger partial charge on any atom is -0.478 e. The average molecular weight is 276 g/mol. The van der Waals surface area contributed by atoms with Gasteiger partial charge < -0.3 is 15.2 Å². The number of hydrogen-bond acceptors (Lipinski definition) is 4. The number of hydrogen-bond donors (Lipinski definition) is 2. The van der Waals surface area contributed by atoms with E-state index in [0.29, 0.717) is 11.3 Å². The van der Waals surface area contributed by atoms with Gasteiger partial charge in [0.05, 0.1) is 6.10 Å². The first-order valence-corrected chi connectivity index (χ1v) is 6.29. The van der Waals surface area contributed by atoms with Crippen LogP contribution in [0.1, 0.15) is 28.9 Å². The highest BCUT2D eigenvalue weighted by Crippen LogP contribution is 2.22. The van der Waals surface area contributed by atoms with E-state index < -0.39 is 5.97 Å². The number of methoxy groups -OCH3 is 1. The molecule has 0 spiro atoms. The van der Waals surface area contributed by atoms with Crippen molar-refractivity contribution in [2.24, 2.45) is 0 Å². The Morgan fingerprint density at radius 1 is 1.45 bits per heavy atom. The molecule has 1 aromatic rings. The summed E-state index contributed by atoms with van der Waals surface area (Å²) in [7, 11) is 1.66. The van der Waals surface area contributed by atoms with Crippen LogP contribution in [0.5, 0.6) is 0 Å². The zero-order valence-electron chi connectivity index (χ0n) is 11.1. The molecule has 1 aromatic heterocycles. The molecule has 6 nitrogen and oxygen atoms in total. The zero-order valence-corrected chi connectivity index (χ0v) is 11.1. The molecule has 1 heterocycles. The van der Waals surface area contributed by atoms with E-state index in [2.05, 4.69) is 10.3 Å². The Morgan fingerprint density at radius 3 is 2.75 bits per heavy atom. The molecule has 1 fully saturated rings. The van der Waals surface area contributed by atoms with Crippen LogP contribution in [-0.4, -0.2) is 41.2 Å². The van der Waals surface area contributed by atoms with E-state index >= 15 is 0 Å². The van der Waals surface area contributed by atoms with Crippen LogP contribution in [0.2, 0.25) is 0 Å². The van der Waals surface area contributed by atoms with Crippen molar-refractivity contribution in [1.82, 2.24) is 10.3 Å². The maximum absolute atomic E-state index is 11.9. The summed E-state index contributed by atoms with van der Waals surface area (Å²) in [5.74, 6) is -1.25. The van der Waals surface area contributed by atoms with E-state index in [1.807, 2.05) is 0 Å². The highest BCUT2D eigenvalue weighted by atomic mass is 16.5. The van der Waals surface area contributed by atoms with Crippen molar-refractivity contribution in [3.63, 3.8) is 0 Å². The molecule has 1 aliphatic carbocycles. The predicted molar refractivity (Wildman–Crippen MR) is 72.2 cm³/mol. The van der Waals surface area contributed by atoms with Crippen LogP contribution in [0, 0.1) is 0 Å². The topological polar surface area (TPSA) is 88.5 Å². The summed E-state index contributed by atoms with van der Waals surface area (Å²) in [6.45, 7) is 0. The Kier molecular flexibility index (Phi) is 4.47. The molecule has 20 heavy (non-hydrogen) atoms. The molecule has 0 aromatic carbocycles. The summed E-state index contributed by atoms with van der Waals surface area (Å²) in [5, 5.41) is 11.4. The third-order valence-corrected chi connectivity index (χ3v) is 3.20. The summed E-state index contributed by atoms with van der Waals surface area (Å²) >= 11 is 0. The number of nitrogens with zero attached hydrogens (tertiary/aromatic N) is 1. The molecule has 106 valence electrons. The lowest BCUT2D eigenvalue weighted by Crippen LogP contribution is -2.47. The molecule has 2 N–H and O–H groups in total. The highest BCUT2D eigenvalue weighted by molar-refractivity contribution is 5.92. The lowest BCUT2D eigenvalue weighted by molar-refractivity contribution is -0.131. The smallest absolute Gasteiger partial charge is 0.328 e. The van der Waals surface area contributed by atoms with Gasteiger partial charge in [0.2, 0.25) is 0 Å². The summed E-state index contributed by atoms with van der Waals surface area (Å²) in [5.41, 5.74) is 0.949. The molecule has 2 rings (SSSR count). The SMILES string of the molecule is COC1CC(NC(=O)c2ccc(/C=C/C(=O)O)cn2)C1. The van der Waals surface area contributed by atoms with Crippen LogP contribution in [0.4, 0.5) is 0 Å². The van der Waals surface area contributed by atoms with Gasteiger partial charge in [-0.3, -0.25) is 9.78 Å². The molecule has 6 heteroatoms. The molecule has 1 saturated carbocycles. The number of carbonyl (C=O) groups is 2. The number of carbonyl (C=O) groups excluding carboxylic acids is 1. The molecule has 1 amide bonds. The first kappa shape index (κ1) is 14.2. The Bertz CT molecular complexity index is 518. The highest BCUT2D eigenvalue weighted by Gasteiger charge is 2.30. The number of aliphatic carboxylic acids is 1. The maximum atomic E-state index is 11.9. The average Bonchev–Trinajstić information content (AvgIpc) is 2.40. The summed E-state index contributed by atoms with van der Waals surface area (Å²) in [4.78, 5) is 26.3. The Balaban J connectivity index is 1.89. The third kappa shape index (κ3) is 3.64. The van der Waals surface area contributed by atoms with Gasteiger partial charge in [-0.05, 0) is 30.5 Å². The van der Waals surface area contributed by atoms with Crippen LogP contribution in [0.3, 0.4) is 0 Å². The monoisotopic (exact) mass is 276 g/mol. The minimum absolute atomic E-state index is 0.140. The van der Waals surface area contributed by atoms with Crippen molar-refractivity contribution in [1.29, 1.82) is 0 Å². The fourth-order valence-electron chi connectivity index (χ4n) is 1.94.